The number of rotatable bonds is 5. The topological polar surface area (TPSA) is 84.7 Å². The standard InChI is InChI=1S/C16H27N3O4/c1-8-12-11(9-18(7)17-12)13(14(20)21)19(10(2)3)15(22)23-16(4,5)6/h9-10,13H,8H2,1-7H3,(H,20,21). The van der Waals surface area contributed by atoms with Gasteiger partial charge in [0.15, 0.2) is 6.04 Å². The van der Waals surface area contributed by atoms with E-state index in [0.29, 0.717) is 17.7 Å². The lowest BCUT2D eigenvalue weighted by molar-refractivity contribution is -0.144. The molecule has 1 N–H and O–H groups in total. The van der Waals surface area contributed by atoms with Gasteiger partial charge in [-0.2, -0.15) is 5.10 Å². The lowest BCUT2D eigenvalue weighted by Gasteiger charge is -2.34. The molecule has 0 saturated carbocycles. The molecule has 0 aromatic carbocycles. The van der Waals surface area contributed by atoms with Crippen LogP contribution in [0.2, 0.25) is 0 Å². The number of hydrogen-bond acceptors (Lipinski definition) is 4. The Hall–Kier alpha value is -2.05. The summed E-state index contributed by atoms with van der Waals surface area (Å²) < 4.78 is 6.96. The first-order valence-electron chi connectivity index (χ1n) is 7.74. The summed E-state index contributed by atoms with van der Waals surface area (Å²) in [6.07, 6.45) is 1.59. The summed E-state index contributed by atoms with van der Waals surface area (Å²) in [6.45, 7) is 10.7. The van der Waals surface area contributed by atoms with E-state index in [-0.39, 0.29) is 6.04 Å². The number of aliphatic carboxylic acids is 1. The van der Waals surface area contributed by atoms with Crippen LogP contribution in [0.15, 0.2) is 6.20 Å². The number of aryl methyl sites for hydroxylation is 2. The summed E-state index contributed by atoms with van der Waals surface area (Å²) in [7, 11) is 1.73. The summed E-state index contributed by atoms with van der Waals surface area (Å²) in [5.74, 6) is -1.10. The molecule has 1 rings (SSSR count). The number of aromatic nitrogens is 2. The molecule has 1 aromatic rings. The van der Waals surface area contributed by atoms with Crippen LogP contribution in [0.25, 0.3) is 0 Å². The maximum Gasteiger partial charge on any atom is 0.411 e. The summed E-state index contributed by atoms with van der Waals surface area (Å²) >= 11 is 0. The molecule has 1 aromatic heterocycles. The minimum absolute atomic E-state index is 0.337. The third kappa shape index (κ3) is 4.71. The second-order valence-electron chi connectivity index (χ2n) is 6.78. The van der Waals surface area contributed by atoms with Crippen molar-refractivity contribution in [1.82, 2.24) is 14.7 Å². The largest absolute Gasteiger partial charge is 0.479 e. The SMILES string of the molecule is CCc1nn(C)cc1C(C(=O)O)N(C(=O)OC(C)(C)C)C(C)C. The Morgan fingerprint density at radius 3 is 2.35 bits per heavy atom. The zero-order valence-corrected chi connectivity index (χ0v) is 15.0. The van der Waals surface area contributed by atoms with Crippen molar-refractivity contribution in [3.05, 3.63) is 17.5 Å². The van der Waals surface area contributed by atoms with Crippen LogP contribution in [0.5, 0.6) is 0 Å². The monoisotopic (exact) mass is 325 g/mol. The summed E-state index contributed by atoms with van der Waals surface area (Å²) in [4.78, 5) is 25.7. The molecule has 1 atom stereocenters. The Labute approximate surface area is 137 Å². The van der Waals surface area contributed by atoms with Crippen LogP contribution in [0, 0.1) is 0 Å². The molecule has 0 radical (unpaired) electrons. The highest BCUT2D eigenvalue weighted by Gasteiger charge is 2.38. The number of carboxylic acid groups (broad SMARTS) is 1. The molecular weight excluding hydrogens is 298 g/mol. The van der Waals surface area contributed by atoms with Crippen LogP contribution < -0.4 is 0 Å². The van der Waals surface area contributed by atoms with Gasteiger partial charge in [-0.05, 0) is 41.0 Å². The van der Waals surface area contributed by atoms with Crippen LogP contribution in [0.3, 0.4) is 0 Å². The van der Waals surface area contributed by atoms with E-state index in [2.05, 4.69) is 5.10 Å². The molecule has 0 saturated heterocycles. The number of carbonyl (C=O) groups is 2. The molecule has 1 heterocycles. The highest BCUT2D eigenvalue weighted by Crippen LogP contribution is 2.28. The first-order chi connectivity index (χ1) is 10.5. The average Bonchev–Trinajstić information content (AvgIpc) is 2.73. The van der Waals surface area contributed by atoms with Gasteiger partial charge in [0.25, 0.3) is 0 Å². The van der Waals surface area contributed by atoms with Gasteiger partial charge in [0.05, 0.1) is 5.69 Å². The molecule has 1 amide bonds. The Morgan fingerprint density at radius 1 is 1.39 bits per heavy atom. The average molecular weight is 325 g/mol. The molecule has 0 aliphatic rings. The van der Waals surface area contributed by atoms with Gasteiger partial charge in [-0.3, -0.25) is 9.58 Å². The van der Waals surface area contributed by atoms with Crippen LogP contribution >= 0.6 is 0 Å². The van der Waals surface area contributed by atoms with E-state index in [4.69, 9.17) is 4.74 Å². The fraction of sp³-hybridized carbons (Fsp3) is 0.688. The maximum absolute atomic E-state index is 12.5. The van der Waals surface area contributed by atoms with E-state index in [1.807, 2.05) is 6.92 Å². The van der Waals surface area contributed by atoms with Gasteiger partial charge >= 0.3 is 12.1 Å². The Morgan fingerprint density at radius 2 is 1.96 bits per heavy atom. The lowest BCUT2D eigenvalue weighted by atomic mass is 10.0. The van der Waals surface area contributed by atoms with Gasteiger partial charge in [0.1, 0.15) is 5.60 Å². The molecular formula is C16H27N3O4. The second-order valence-corrected chi connectivity index (χ2v) is 6.78. The van der Waals surface area contributed by atoms with Crippen molar-refractivity contribution in [2.45, 2.75) is 65.6 Å². The van der Waals surface area contributed by atoms with Gasteiger partial charge in [-0.15, -0.1) is 0 Å². The van der Waals surface area contributed by atoms with Gasteiger partial charge in [-0.1, -0.05) is 6.92 Å². The quantitative estimate of drug-likeness (QED) is 0.900. The molecule has 7 nitrogen and oxygen atoms in total. The zero-order valence-electron chi connectivity index (χ0n) is 15.0. The number of carbonyl (C=O) groups excluding carboxylic acids is 1. The number of nitrogens with zero attached hydrogens (tertiary/aromatic N) is 3. The Kier molecular flexibility index (Phi) is 5.80. The van der Waals surface area contributed by atoms with E-state index in [1.165, 1.54) is 4.90 Å². The van der Waals surface area contributed by atoms with Crippen molar-refractivity contribution in [2.24, 2.45) is 7.05 Å². The normalized spacial score (nSPS) is 13.0. The Balaban J connectivity index is 3.33. The maximum atomic E-state index is 12.5. The number of amides is 1. The molecule has 0 aliphatic heterocycles. The predicted octanol–water partition coefficient (Wildman–Crippen LogP) is 2.75. The summed E-state index contributed by atoms with van der Waals surface area (Å²) in [5.41, 5.74) is 0.478. The minimum Gasteiger partial charge on any atom is -0.479 e. The van der Waals surface area contributed by atoms with Gasteiger partial charge in [0, 0.05) is 24.8 Å². The third-order valence-corrected chi connectivity index (χ3v) is 3.24. The lowest BCUT2D eigenvalue weighted by Crippen LogP contribution is -2.46. The smallest absolute Gasteiger partial charge is 0.411 e. The first kappa shape index (κ1) is 19.0. The predicted molar refractivity (Wildman–Crippen MR) is 86.2 cm³/mol. The number of hydrogen-bond donors (Lipinski definition) is 1. The molecule has 7 heteroatoms. The minimum atomic E-state index is -1.13. The van der Waals surface area contributed by atoms with Crippen molar-refractivity contribution >= 4 is 12.1 Å². The van der Waals surface area contributed by atoms with Crippen LogP contribution in [0.4, 0.5) is 4.79 Å². The zero-order chi connectivity index (χ0) is 17.9. The highest BCUT2D eigenvalue weighted by atomic mass is 16.6. The molecule has 0 bridgehead atoms. The summed E-state index contributed by atoms with van der Waals surface area (Å²) in [6, 6.07) is -1.47. The summed E-state index contributed by atoms with van der Waals surface area (Å²) in [5, 5.41) is 14.0. The van der Waals surface area contributed by atoms with Crippen LogP contribution in [-0.2, 0) is 23.0 Å². The molecule has 130 valence electrons. The number of ether oxygens (including phenoxy) is 1. The fourth-order valence-electron chi connectivity index (χ4n) is 2.39. The third-order valence-electron chi connectivity index (χ3n) is 3.24. The number of carboxylic acids is 1. The van der Waals surface area contributed by atoms with E-state index >= 15 is 0 Å². The van der Waals surface area contributed by atoms with Crippen LogP contribution in [0.1, 0.15) is 58.8 Å². The first-order valence-corrected chi connectivity index (χ1v) is 7.74. The molecule has 1 unspecified atom stereocenters. The van der Waals surface area contributed by atoms with Crippen molar-refractivity contribution in [3.8, 4) is 0 Å². The van der Waals surface area contributed by atoms with E-state index < -0.39 is 23.7 Å². The van der Waals surface area contributed by atoms with Gasteiger partial charge in [-0.25, -0.2) is 9.59 Å². The Bertz CT molecular complexity index is 572. The van der Waals surface area contributed by atoms with E-state index in [0.717, 1.165) is 0 Å². The van der Waals surface area contributed by atoms with Gasteiger partial charge < -0.3 is 9.84 Å². The van der Waals surface area contributed by atoms with Crippen molar-refractivity contribution in [3.63, 3.8) is 0 Å². The second kappa shape index (κ2) is 7.02. The molecule has 0 fully saturated rings. The van der Waals surface area contributed by atoms with Gasteiger partial charge in [0.2, 0.25) is 0 Å². The van der Waals surface area contributed by atoms with E-state index in [9.17, 15) is 14.7 Å². The van der Waals surface area contributed by atoms with Crippen molar-refractivity contribution in [1.29, 1.82) is 0 Å². The fourth-order valence-corrected chi connectivity index (χ4v) is 2.39. The highest BCUT2D eigenvalue weighted by molar-refractivity contribution is 5.82. The molecule has 23 heavy (non-hydrogen) atoms. The van der Waals surface area contributed by atoms with E-state index in [1.54, 1.807) is 52.5 Å². The van der Waals surface area contributed by atoms with Crippen LogP contribution in [-0.4, -0.2) is 43.5 Å². The van der Waals surface area contributed by atoms with Crippen molar-refractivity contribution in [2.75, 3.05) is 0 Å². The van der Waals surface area contributed by atoms with Crippen molar-refractivity contribution < 1.29 is 19.4 Å². The molecule has 0 spiro atoms. The molecule has 0 aliphatic carbocycles.